The van der Waals surface area contributed by atoms with Crippen molar-refractivity contribution in [3.05, 3.63) is 49.6 Å². The van der Waals surface area contributed by atoms with E-state index >= 15 is 0 Å². The summed E-state index contributed by atoms with van der Waals surface area (Å²) in [6.45, 7) is 1.57. The number of nitrogens with one attached hydrogen (secondary N) is 1. The van der Waals surface area contributed by atoms with Crippen LogP contribution in [-0.2, 0) is 9.53 Å². The van der Waals surface area contributed by atoms with Gasteiger partial charge in [0.1, 0.15) is 4.88 Å². The van der Waals surface area contributed by atoms with Gasteiger partial charge in [0.25, 0.3) is 5.91 Å². The molecule has 0 atom stereocenters. The molecule has 0 fully saturated rings. The van der Waals surface area contributed by atoms with Gasteiger partial charge in [0.2, 0.25) is 0 Å². The third-order valence-electron chi connectivity index (χ3n) is 2.55. The number of hydrogen-bond donors (Lipinski definition) is 1. The van der Waals surface area contributed by atoms with Gasteiger partial charge in [-0.1, -0.05) is 27.5 Å². The van der Waals surface area contributed by atoms with Gasteiger partial charge in [-0.2, -0.15) is 0 Å². The minimum Gasteiger partial charge on any atom is -0.451 e. The van der Waals surface area contributed by atoms with Crippen LogP contribution in [0.25, 0.3) is 0 Å². The molecule has 0 aliphatic heterocycles. The molecule has 0 spiro atoms. The van der Waals surface area contributed by atoms with Gasteiger partial charge in [-0.05, 0) is 42.8 Å². The highest BCUT2D eigenvalue weighted by Crippen LogP contribution is 2.22. The van der Waals surface area contributed by atoms with Crippen LogP contribution in [0.2, 0.25) is 4.34 Å². The fraction of sp³-hybridized carbons (Fsp3) is 0.143. The smallest absolute Gasteiger partial charge is 0.348 e. The van der Waals surface area contributed by atoms with Gasteiger partial charge in [-0.25, -0.2) is 4.79 Å². The summed E-state index contributed by atoms with van der Waals surface area (Å²) in [5.74, 6) is -0.957. The Labute approximate surface area is 139 Å². The maximum Gasteiger partial charge on any atom is 0.348 e. The van der Waals surface area contributed by atoms with E-state index in [9.17, 15) is 9.59 Å². The third kappa shape index (κ3) is 4.56. The molecule has 1 amide bonds. The highest BCUT2D eigenvalue weighted by atomic mass is 79.9. The van der Waals surface area contributed by atoms with Crippen molar-refractivity contribution in [2.24, 2.45) is 0 Å². The fourth-order valence-electron chi connectivity index (χ4n) is 1.55. The quantitative estimate of drug-likeness (QED) is 0.796. The molecule has 2 aromatic rings. The maximum absolute atomic E-state index is 11.7. The Hall–Kier alpha value is -1.37. The number of amides is 1. The summed E-state index contributed by atoms with van der Waals surface area (Å²) in [6.07, 6.45) is 0. The van der Waals surface area contributed by atoms with E-state index < -0.39 is 11.9 Å². The minimum atomic E-state index is -0.561. The van der Waals surface area contributed by atoms with Crippen molar-refractivity contribution < 1.29 is 14.3 Å². The molecule has 0 saturated heterocycles. The summed E-state index contributed by atoms with van der Waals surface area (Å²) in [5.41, 5.74) is 1.65. The summed E-state index contributed by atoms with van der Waals surface area (Å²) in [7, 11) is 0. The van der Waals surface area contributed by atoms with E-state index in [0.717, 1.165) is 21.4 Å². The summed E-state index contributed by atoms with van der Waals surface area (Å²) in [6, 6.07) is 8.59. The Balaban J connectivity index is 1.87. The molecule has 110 valence electrons. The van der Waals surface area contributed by atoms with E-state index in [1.54, 1.807) is 18.2 Å². The Morgan fingerprint density at radius 3 is 2.71 bits per heavy atom. The molecule has 7 heteroatoms. The van der Waals surface area contributed by atoms with Crippen LogP contribution >= 0.6 is 38.9 Å². The number of esters is 1. The zero-order chi connectivity index (χ0) is 15.4. The summed E-state index contributed by atoms with van der Waals surface area (Å²) in [5, 5.41) is 2.66. The van der Waals surface area contributed by atoms with E-state index in [1.807, 2.05) is 19.1 Å². The van der Waals surface area contributed by atoms with Crippen LogP contribution in [0.5, 0.6) is 0 Å². The SMILES string of the molecule is Cc1cc(NC(=O)COC(=O)c2ccc(Cl)s2)ccc1Br. The number of thiophene rings is 1. The van der Waals surface area contributed by atoms with Gasteiger partial charge in [-0.15, -0.1) is 11.3 Å². The molecule has 0 bridgehead atoms. The highest BCUT2D eigenvalue weighted by molar-refractivity contribution is 9.10. The third-order valence-corrected chi connectivity index (χ3v) is 4.65. The van der Waals surface area contributed by atoms with Gasteiger partial charge >= 0.3 is 5.97 Å². The second kappa shape index (κ2) is 7.06. The van der Waals surface area contributed by atoms with Crippen molar-refractivity contribution in [3.8, 4) is 0 Å². The number of carbonyl (C=O) groups is 2. The number of rotatable bonds is 4. The number of carbonyl (C=O) groups excluding carboxylic acids is 2. The number of benzene rings is 1. The first-order chi connectivity index (χ1) is 9.95. The van der Waals surface area contributed by atoms with Crippen molar-refractivity contribution >= 4 is 56.4 Å². The molecule has 0 unspecified atom stereocenters. The molecule has 0 aliphatic carbocycles. The topological polar surface area (TPSA) is 55.4 Å². The largest absolute Gasteiger partial charge is 0.451 e. The molecule has 1 heterocycles. The van der Waals surface area contributed by atoms with Gasteiger partial charge in [-0.3, -0.25) is 4.79 Å². The second-order valence-electron chi connectivity index (χ2n) is 4.19. The van der Waals surface area contributed by atoms with Crippen LogP contribution in [0.1, 0.15) is 15.2 Å². The van der Waals surface area contributed by atoms with Crippen LogP contribution in [0.15, 0.2) is 34.8 Å². The van der Waals surface area contributed by atoms with Crippen LogP contribution in [0, 0.1) is 6.92 Å². The average Bonchev–Trinajstić information content (AvgIpc) is 2.87. The highest BCUT2D eigenvalue weighted by Gasteiger charge is 2.12. The molecule has 1 N–H and O–H groups in total. The lowest BCUT2D eigenvalue weighted by Crippen LogP contribution is -2.20. The molecule has 0 saturated carbocycles. The molecule has 0 radical (unpaired) electrons. The molecule has 1 aromatic heterocycles. The first-order valence-corrected chi connectivity index (χ1v) is 7.93. The predicted molar refractivity (Wildman–Crippen MR) is 87.1 cm³/mol. The van der Waals surface area contributed by atoms with Gasteiger partial charge in [0, 0.05) is 10.2 Å². The first kappa shape index (κ1) is 16.0. The van der Waals surface area contributed by atoms with E-state index in [1.165, 1.54) is 0 Å². The lowest BCUT2D eigenvalue weighted by molar-refractivity contribution is -0.119. The van der Waals surface area contributed by atoms with Crippen molar-refractivity contribution in [2.45, 2.75) is 6.92 Å². The zero-order valence-electron chi connectivity index (χ0n) is 11.0. The molecular formula is C14H11BrClNO3S. The second-order valence-corrected chi connectivity index (χ2v) is 6.76. The summed E-state index contributed by atoms with van der Waals surface area (Å²) in [4.78, 5) is 23.8. The number of hydrogen-bond acceptors (Lipinski definition) is 4. The van der Waals surface area contributed by atoms with Gasteiger partial charge < -0.3 is 10.1 Å². The monoisotopic (exact) mass is 387 g/mol. The number of halogens is 2. The van der Waals surface area contributed by atoms with E-state index in [0.29, 0.717) is 14.9 Å². The molecule has 0 aliphatic rings. The normalized spacial score (nSPS) is 10.2. The van der Waals surface area contributed by atoms with Crippen molar-refractivity contribution in [3.63, 3.8) is 0 Å². The maximum atomic E-state index is 11.7. The zero-order valence-corrected chi connectivity index (χ0v) is 14.1. The Bertz CT molecular complexity index is 687. The Kier molecular flexibility index (Phi) is 5.39. The summed E-state index contributed by atoms with van der Waals surface area (Å²) < 4.78 is 6.38. The van der Waals surface area contributed by atoms with Crippen molar-refractivity contribution in [2.75, 3.05) is 11.9 Å². The molecule has 4 nitrogen and oxygen atoms in total. The van der Waals surface area contributed by atoms with Crippen LogP contribution in [-0.4, -0.2) is 18.5 Å². The number of anilines is 1. The van der Waals surface area contributed by atoms with Crippen LogP contribution in [0.4, 0.5) is 5.69 Å². The molecule has 1 aromatic carbocycles. The Morgan fingerprint density at radius 2 is 2.10 bits per heavy atom. The lowest BCUT2D eigenvalue weighted by atomic mass is 10.2. The first-order valence-electron chi connectivity index (χ1n) is 5.94. The van der Waals surface area contributed by atoms with Crippen molar-refractivity contribution in [1.82, 2.24) is 0 Å². The number of ether oxygens (including phenoxy) is 1. The lowest BCUT2D eigenvalue weighted by Gasteiger charge is -2.07. The van der Waals surface area contributed by atoms with Crippen molar-refractivity contribution in [1.29, 1.82) is 0 Å². The van der Waals surface area contributed by atoms with Gasteiger partial charge in [0.05, 0.1) is 4.34 Å². The standard InChI is InChI=1S/C14H11BrClNO3S/c1-8-6-9(2-3-10(8)15)17-13(18)7-20-14(19)11-4-5-12(16)21-11/h2-6H,7H2,1H3,(H,17,18). The minimum absolute atomic E-state index is 0.344. The fourth-order valence-corrected chi connectivity index (χ4v) is 2.73. The van der Waals surface area contributed by atoms with E-state index in [4.69, 9.17) is 16.3 Å². The molecule has 21 heavy (non-hydrogen) atoms. The van der Waals surface area contributed by atoms with Crippen LogP contribution < -0.4 is 5.32 Å². The average molecular weight is 389 g/mol. The predicted octanol–water partition coefficient (Wildman–Crippen LogP) is 4.27. The van der Waals surface area contributed by atoms with E-state index in [2.05, 4.69) is 21.2 Å². The Morgan fingerprint density at radius 1 is 1.33 bits per heavy atom. The molecule has 2 rings (SSSR count). The van der Waals surface area contributed by atoms with Crippen LogP contribution in [0.3, 0.4) is 0 Å². The summed E-state index contributed by atoms with van der Waals surface area (Å²) >= 11 is 10.2. The van der Waals surface area contributed by atoms with Gasteiger partial charge in [0.15, 0.2) is 6.61 Å². The number of aryl methyl sites for hydroxylation is 1. The molecular weight excluding hydrogens is 378 g/mol. The van der Waals surface area contributed by atoms with E-state index in [-0.39, 0.29) is 6.61 Å².